The molecular formula is C15H12FNO3S. The Morgan fingerprint density at radius 1 is 1.33 bits per heavy atom. The van der Waals surface area contributed by atoms with Gasteiger partial charge in [0.15, 0.2) is 0 Å². The Balaban J connectivity index is 1.70. The maximum Gasteiger partial charge on any atom is 0.345 e. The van der Waals surface area contributed by atoms with Crippen LogP contribution in [0, 0.1) is 5.82 Å². The molecule has 0 saturated heterocycles. The first-order valence-electron chi connectivity index (χ1n) is 6.39. The van der Waals surface area contributed by atoms with E-state index in [1.165, 1.54) is 12.1 Å². The summed E-state index contributed by atoms with van der Waals surface area (Å²) in [6.07, 6.45) is 0.138. The average molecular weight is 305 g/mol. The molecule has 1 amide bonds. The van der Waals surface area contributed by atoms with Gasteiger partial charge in [-0.15, -0.1) is 11.3 Å². The van der Waals surface area contributed by atoms with E-state index in [1.54, 1.807) is 16.3 Å². The predicted molar refractivity (Wildman–Crippen MR) is 75.6 cm³/mol. The second-order valence-corrected chi connectivity index (χ2v) is 5.84. The molecule has 0 unspecified atom stereocenters. The highest BCUT2D eigenvalue weighted by Gasteiger charge is 2.25. The Morgan fingerprint density at radius 2 is 2.14 bits per heavy atom. The number of halogens is 1. The number of nitrogens with zero attached hydrogens (tertiary/aromatic N) is 1. The number of rotatable bonds is 3. The molecule has 1 aromatic carbocycles. The molecule has 2 aromatic rings. The number of carboxylic acid groups (broad SMARTS) is 1. The molecule has 0 aliphatic carbocycles. The number of hydrogen-bond acceptors (Lipinski definition) is 3. The number of carbonyl (C=O) groups is 2. The molecule has 6 heteroatoms. The van der Waals surface area contributed by atoms with Gasteiger partial charge >= 0.3 is 5.97 Å². The van der Waals surface area contributed by atoms with Gasteiger partial charge < -0.3 is 10.0 Å². The number of thiophene rings is 1. The summed E-state index contributed by atoms with van der Waals surface area (Å²) in [6.45, 7) is 0.679. The van der Waals surface area contributed by atoms with Crippen LogP contribution in [0.5, 0.6) is 0 Å². The van der Waals surface area contributed by atoms with E-state index < -0.39 is 5.97 Å². The van der Waals surface area contributed by atoms with Crippen molar-refractivity contribution in [2.45, 2.75) is 19.5 Å². The van der Waals surface area contributed by atoms with Crippen molar-refractivity contribution in [3.63, 3.8) is 0 Å². The number of benzene rings is 1. The van der Waals surface area contributed by atoms with Crippen LogP contribution < -0.4 is 0 Å². The molecule has 1 aliphatic rings. The Labute approximate surface area is 124 Å². The first-order valence-corrected chi connectivity index (χ1v) is 7.27. The van der Waals surface area contributed by atoms with Crippen molar-refractivity contribution in [3.8, 4) is 0 Å². The van der Waals surface area contributed by atoms with Gasteiger partial charge in [-0.25, -0.2) is 9.18 Å². The normalized spacial score (nSPS) is 13.3. The topological polar surface area (TPSA) is 57.6 Å². The molecule has 4 nitrogen and oxygen atoms in total. The van der Waals surface area contributed by atoms with Crippen molar-refractivity contribution in [2.75, 3.05) is 0 Å². The Hall–Kier alpha value is -2.21. The van der Waals surface area contributed by atoms with E-state index in [9.17, 15) is 14.0 Å². The molecule has 0 fully saturated rings. The van der Waals surface area contributed by atoms with Crippen LogP contribution >= 0.6 is 11.3 Å². The van der Waals surface area contributed by atoms with E-state index in [0.29, 0.717) is 17.7 Å². The van der Waals surface area contributed by atoms with E-state index in [0.717, 1.165) is 16.9 Å². The molecular weight excluding hydrogens is 293 g/mol. The highest BCUT2D eigenvalue weighted by molar-refractivity contribution is 7.12. The van der Waals surface area contributed by atoms with Crippen molar-refractivity contribution >= 4 is 23.2 Å². The number of carbonyl (C=O) groups excluding carboxylic acids is 1. The molecule has 1 aromatic heterocycles. The summed E-state index contributed by atoms with van der Waals surface area (Å²) in [5.41, 5.74) is 2.08. The summed E-state index contributed by atoms with van der Waals surface area (Å²) in [4.78, 5) is 24.9. The SMILES string of the molecule is O=C(O)c1cc(CC(=O)N2Cc3cccc(F)c3C2)cs1. The van der Waals surface area contributed by atoms with Gasteiger partial charge in [0.2, 0.25) is 5.91 Å². The Morgan fingerprint density at radius 3 is 2.81 bits per heavy atom. The molecule has 0 atom stereocenters. The van der Waals surface area contributed by atoms with Crippen LogP contribution in [0.2, 0.25) is 0 Å². The van der Waals surface area contributed by atoms with Gasteiger partial charge in [0, 0.05) is 18.7 Å². The molecule has 1 N–H and O–H groups in total. The lowest BCUT2D eigenvalue weighted by Crippen LogP contribution is -2.26. The van der Waals surface area contributed by atoms with Crippen LogP contribution in [0.3, 0.4) is 0 Å². The fourth-order valence-electron chi connectivity index (χ4n) is 2.42. The van der Waals surface area contributed by atoms with Gasteiger partial charge in [-0.05, 0) is 28.6 Å². The second kappa shape index (κ2) is 5.29. The van der Waals surface area contributed by atoms with Crippen molar-refractivity contribution in [2.24, 2.45) is 0 Å². The molecule has 2 heterocycles. The summed E-state index contributed by atoms with van der Waals surface area (Å²) < 4.78 is 13.6. The van der Waals surface area contributed by atoms with Crippen molar-refractivity contribution in [1.82, 2.24) is 4.90 Å². The molecule has 0 radical (unpaired) electrons. The first kappa shape index (κ1) is 13.8. The Kier molecular flexibility index (Phi) is 3.47. The minimum Gasteiger partial charge on any atom is -0.477 e. The fraction of sp³-hybridized carbons (Fsp3) is 0.200. The number of aromatic carboxylic acids is 1. The van der Waals surface area contributed by atoms with Crippen LogP contribution in [-0.2, 0) is 24.3 Å². The monoisotopic (exact) mass is 305 g/mol. The fourth-order valence-corrected chi connectivity index (χ4v) is 3.17. The van der Waals surface area contributed by atoms with Crippen molar-refractivity contribution in [3.05, 3.63) is 57.0 Å². The van der Waals surface area contributed by atoms with Crippen LogP contribution in [0.1, 0.15) is 26.4 Å². The summed E-state index contributed by atoms with van der Waals surface area (Å²) in [5.74, 6) is -1.40. The summed E-state index contributed by atoms with van der Waals surface area (Å²) in [5, 5.41) is 10.5. The average Bonchev–Trinajstić information content (AvgIpc) is 3.05. The van der Waals surface area contributed by atoms with Gasteiger partial charge in [-0.2, -0.15) is 0 Å². The zero-order chi connectivity index (χ0) is 15.0. The van der Waals surface area contributed by atoms with Crippen molar-refractivity contribution < 1.29 is 19.1 Å². The zero-order valence-electron chi connectivity index (χ0n) is 11.0. The maximum atomic E-state index is 13.6. The van der Waals surface area contributed by atoms with E-state index >= 15 is 0 Å². The zero-order valence-corrected chi connectivity index (χ0v) is 11.8. The highest BCUT2D eigenvalue weighted by atomic mass is 32.1. The van der Waals surface area contributed by atoms with Crippen LogP contribution in [0.4, 0.5) is 4.39 Å². The van der Waals surface area contributed by atoms with Gasteiger partial charge in [0.05, 0.1) is 6.42 Å². The lowest BCUT2D eigenvalue weighted by Gasteiger charge is -2.14. The molecule has 3 rings (SSSR count). The third kappa shape index (κ3) is 2.67. The van der Waals surface area contributed by atoms with Crippen LogP contribution in [-0.4, -0.2) is 21.9 Å². The largest absolute Gasteiger partial charge is 0.477 e. The lowest BCUT2D eigenvalue weighted by molar-refractivity contribution is -0.131. The first-order chi connectivity index (χ1) is 10.0. The number of fused-ring (bicyclic) bond motifs is 1. The van der Waals surface area contributed by atoms with Gasteiger partial charge in [-0.1, -0.05) is 12.1 Å². The van der Waals surface area contributed by atoms with Gasteiger partial charge in [-0.3, -0.25) is 4.79 Å². The smallest absolute Gasteiger partial charge is 0.345 e. The van der Waals surface area contributed by atoms with Crippen molar-refractivity contribution in [1.29, 1.82) is 0 Å². The Bertz CT molecular complexity index is 725. The predicted octanol–water partition coefficient (Wildman–Crippen LogP) is 2.67. The van der Waals surface area contributed by atoms with E-state index in [-0.39, 0.29) is 29.6 Å². The third-order valence-corrected chi connectivity index (χ3v) is 4.47. The molecule has 0 bridgehead atoms. The molecule has 0 saturated carbocycles. The summed E-state index contributed by atoms with van der Waals surface area (Å²) >= 11 is 1.10. The van der Waals surface area contributed by atoms with E-state index in [1.807, 2.05) is 6.07 Å². The second-order valence-electron chi connectivity index (χ2n) is 4.93. The number of hydrogen-bond donors (Lipinski definition) is 1. The van der Waals surface area contributed by atoms with Gasteiger partial charge in [0.1, 0.15) is 10.7 Å². The quantitative estimate of drug-likeness (QED) is 0.948. The van der Waals surface area contributed by atoms with E-state index in [2.05, 4.69) is 0 Å². The number of carboxylic acids is 1. The lowest BCUT2D eigenvalue weighted by atomic mass is 10.1. The summed E-state index contributed by atoms with van der Waals surface area (Å²) in [7, 11) is 0. The minimum atomic E-state index is -0.991. The molecule has 108 valence electrons. The molecule has 0 spiro atoms. The standard InChI is InChI=1S/C15H12FNO3S/c16-12-3-1-2-10-6-17(7-11(10)12)14(18)5-9-4-13(15(19)20)21-8-9/h1-4,8H,5-7H2,(H,19,20). The minimum absolute atomic E-state index is 0.125. The maximum absolute atomic E-state index is 13.6. The van der Waals surface area contributed by atoms with Crippen LogP contribution in [0.15, 0.2) is 29.6 Å². The third-order valence-electron chi connectivity index (χ3n) is 3.50. The highest BCUT2D eigenvalue weighted by Crippen LogP contribution is 2.26. The van der Waals surface area contributed by atoms with Gasteiger partial charge in [0.25, 0.3) is 0 Å². The summed E-state index contributed by atoms with van der Waals surface area (Å²) in [6, 6.07) is 6.36. The van der Waals surface area contributed by atoms with E-state index in [4.69, 9.17) is 5.11 Å². The molecule has 1 aliphatic heterocycles. The number of amides is 1. The van der Waals surface area contributed by atoms with Crippen LogP contribution in [0.25, 0.3) is 0 Å². The molecule has 21 heavy (non-hydrogen) atoms.